The second-order valence-electron chi connectivity index (χ2n) is 5.97. The third kappa shape index (κ3) is 3.94. The Morgan fingerprint density at radius 2 is 1.86 bits per heavy atom. The van der Waals surface area contributed by atoms with E-state index in [4.69, 9.17) is 16.3 Å². The quantitative estimate of drug-likeness (QED) is 0.543. The second kappa shape index (κ2) is 7.72. The highest BCUT2D eigenvalue weighted by atomic mass is 35.5. The Hall–Kier alpha value is -3.72. The third-order valence-electron chi connectivity index (χ3n) is 3.99. The molecule has 0 saturated heterocycles. The van der Waals surface area contributed by atoms with Crippen molar-refractivity contribution in [3.8, 4) is 11.4 Å². The molecule has 0 aliphatic carbocycles. The van der Waals surface area contributed by atoms with Crippen molar-refractivity contribution in [3.05, 3.63) is 82.2 Å². The number of aromatic nitrogens is 4. The Kier molecular flexibility index (Phi) is 4.96. The van der Waals surface area contributed by atoms with Crippen LogP contribution in [0.2, 0.25) is 5.02 Å². The van der Waals surface area contributed by atoms with Crippen LogP contribution in [0.15, 0.2) is 65.8 Å². The molecule has 4 aromatic rings. The number of carbonyl (C=O) groups excluding carboxylic acids is 1. The number of hydrogen-bond acceptors (Lipinski definition) is 5. The summed E-state index contributed by atoms with van der Waals surface area (Å²) in [6.45, 7) is -0.305. The van der Waals surface area contributed by atoms with Crippen LogP contribution in [-0.4, -0.2) is 32.0 Å². The van der Waals surface area contributed by atoms with Crippen LogP contribution in [-0.2, 0) is 4.79 Å². The van der Waals surface area contributed by atoms with Crippen molar-refractivity contribution in [3.63, 3.8) is 0 Å². The monoisotopic (exact) mass is 413 g/mol. The molecule has 29 heavy (non-hydrogen) atoms. The normalized spacial score (nSPS) is 10.8. The first-order valence-electron chi connectivity index (χ1n) is 8.41. The molecule has 2 heterocycles. The van der Waals surface area contributed by atoms with Crippen LogP contribution in [0.25, 0.3) is 16.7 Å². The number of halogens is 2. The van der Waals surface area contributed by atoms with Gasteiger partial charge in [0.15, 0.2) is 12.3 Å². The van der Waals surface area contributed by atoms with Crippen LogP contribution in [0.4, 0.5) is 4.39 Å². The minimum atomic E-state index is -0.547. The third-order valence-corrected chi connectivity index (χ3v) is 4.24. The maximum Gasteiger partial charge on any atom is 0.283 e. The van der Waals surface area contributed by atoms with Crippen molar-refractivity contribution in [2.75, 3.05) is 12.0 Å². The SMILES string of the molecule is O=C(COc1ccc(Cl)cc1)Nn1cnc2c(cnn2-c2ccc(F)cc2)c1=O. The molecule has 0 atom stereocenters. The van der Waals surface area contributed by atoms with E-state index in [-0.39, 0.29) is 23.5 Å². The Morgan fingerprint density at radius 3 is 2.59 bits per heavy atom. The standard InChI is InChI=1S/C19H13ClFN5O3/c20-12-1-7-15(8-2-12)29-10-17(27)24-25-11-22-18-16(19(25)28)9-23-26(18)14-5-3-13(21)4-6-14/h1-9,11H,10H2,(H,24,27). The zero-order valence-electron chi connectivity index (χ0n) is 14.8. The van der Waals surface area contributed by atoms with E-state index in [0.29, 0.717) is 16.5 Å². The summed E-state index contributed by atoms with van der Waals surface area (Å²) in [6, 6.07) is 12.1. The van der Waals surface area contributed by atoms with Crippen LogP contribution in [0.5, 0.6) is 5.75 Å². The predicted octanol–water partition coefficient (Wildman–Crippen LogP) is 2.52. The van der Waals surface area contributed by atoms with Crippen molar-refractivity contribution >= 4 is 28.5 Å². The first-order chi connectivity index (χ1) is 14.0. The average molecular weight is 414 g/mol. The lowest BCUT2D eigenvalue weighted by Crippen LogP contribution is -2.35. The highest BCUT2D eigenvalue weighted by Crippen LogP contribution is 2.15. The number of ether oxygens (including phenoxy) is 1. The summed E-state index contributed by atoms with van der Waals surface area (Å²) in [5.41, 5.74) is 2.72. The Bertz CT molecular complexity index is 1240. The summed E-state index contributed by atoms with van der Waals surface area (Å²) < 4.78 is 20.8. The molecule has 0 unspecified atom stereocenters. The molecule has 4 rings (SSSR count). The van der Waals surface area contributed by atoms with Gasteiger partial charge in [0.1, 0.15) is 23.3 Å². The molecule has 8 nitrogen and oxygen atoms in total. The average Bonchev–Trinajstić information content (AvgIpc) is 3.15. The fourth-order valence-corrected chi connectivity index (χ4v) is 2.73. The van der Waals surface area contributed by atoms with Crippen LogP contribution >= 0.6 is 11.6 Å². The summed E-state index contributed by atoms with van der Waals surface area (Å²) in [6.07, 6.45) is 2.51. The smallest absolute Gasteiger partial charge is 0.283 e. The number of nitrogens with zero attached hydrogens (tertiary/aromatic N) is 4. The summed E-state index contributed by atoms with van der Waals surface area (Å²) in [7, 11) is 0. The molecule has 0 saturated carbocycles. The summed E-state index contributed by atoms with van der Waals surface area (Å²) in [4.78, 5) is 28.9. The van der Waals surface area contributed by atoms with Gasteiger partial charge in [0, 0.05) is 5.02 Å². The number of nitrogens with one attached hydrogen (secondary N) is 1. The van der Waals surface area contributed by atoms with Gasteiger partial charge in [0.2, 0.25) is 0 Å². The molecule has 10 heteroatoms. The summed E-state index contributed by atoms with van der Waals surface area (Å²) in [5, 5.41) is 4.87. The lowest BCUT2D eigenvalue weighted by atomic mass is 10.3. The van der Waals surface area contributed by atoms with Crippen molar-refractivity contribution in [1.29, 1.82) is 0 Å². The Balaban J connectivity index is 1.52. The highest BCUT2D eigenvalue weighted by Gasteiger charge is 2.13. The van der Waals surface area contributed by atoms with Gasteiger partial charge in [-0.05, 0) is 48.5 Å². The molecule has 1 amide bonds. The van der Waals surface area contributed by atoms with Gasteiger partial charge in [0.25, 0.3) is 11.5 Å². The van der Waals surface area contributed by atoms with E-state index in [9.17, 15) is 14.0 Å². The zero-order chi connectivity index (χ0) is 20.4. The lowest BCUT2D eigenvalue weighted by Gasteiger charge is -2.09. The molecule has 2 aromatic heterocycles. The van der Waals surface area contributed by atoms with Crippen LogP contribution in [0, 0.1) is 5.82 Å². The molecule has 0 aliphatic heterocycles. The number of benzene rings is 2. The van der Waals surface area contributed by atoms with Crippen LogP contribution < -0.4 is 15.7 Å². The zero-order valence-corrected chi connectivity index (χ0v) is 15.5. The summed E-state index contributed by atoms with van der Waals surface area (Å²) in [5.74, 6) is -0.468. The van der Waals surface area contributed by atoms with Crippen molar-refractivity contribution < 1.29 is 13.9 Å². The van der Waals surface area contributed by atoms with Crippen molar-refractivity contribution in [2.45, 2.75) is 0 Å². The molecule has 1 N–H and O–H groups in total. The molecule has 0 aliphatic rings. The predicted molar refractivity (Wildman–Crippen MR) is 104 cm³/mol. The van der Waals surface area contributed by atoms with Crippen LogP contribution in [0.3, 0.4) is 0 Å². The first-order valence-corrected chi connectivity index (χ1v) is 8.78. The number of carbonyl (C=O) groups is 1. The van der Waals surface area contributed by atoms with E-state index < -0.39 is 11.5 Å². The maximum absolute atomic E-state index is 13.1. The summed E-state index contributed by atoms with van der Waals surface area (Å²) >= 11 is 5.79. The van der Waals surface area contributed by atoms with Gasteiger partial charge in [0.05, 0.1) is 11.9 Å². The Morgan fingerprint density at radius 1 is 1.14 bits per heavy atom. The van der Waals surface area contributed by atoms with E-state index in [1.807, 2.05) is 0 Å². The maximum atomic E-state index is 13.1. The number of amides is 1. The molecule has 2 aromatic carbocycles. The molecule has 146 valence electrons. The van der Waals surface area contributed by atoms with Gasteiger partial charge in [-0.2, -0.15) is 5.10 Å². The van der Waals surface area contributed by atoms with Gasteiger partial charge in [-0.25, -0.2) is 18.7 Å². The molecular formula is C19H13ClFN5O3. The van der Waals surface area contributed by atoms with E-state index >= 15 is 0 Å². The number of hydrogen-bond donors (Lipinski definition) is 1. The van der Waals surface area contributed by atoms with Gasteiger partial charge >= 0.3 is 0 Å². The van der Waals surface area contributed by atoms with Gasteiger partial charge in [-0.15, -0.1) is 0 Å². The van der Waals surface area contributed by atoms with Gasteiger partial charge in [-0.3, -0.25) is 15.0 Å². The van der Waals surface area contributed by atoms with E-state index in [0.717, 1.165) is 4.68 Å². The van der Waals surface area contributed by atoms with Gasteiger partial charge < -0.3 is 4.74 Å². The van der Waals surface area contributed by atoms with E-state index in [1.54, 1.807) is 24.3 Å². The number of fused-ring (bicyclic) bond motifs is 1. The first kappa shape index (κ1) is 18.6. The molecule has 0 radical (unpaired) electrons. The molecular weight excluding hydrogens is 401 g/mol. The fourth-order valence-electron chi connectivity index (χ4n) is 2.61. The minimum Gasteiger partial charge on any atom is -0.484 e. The van der Waals surface area contributed by atoms with Crippen molar-refractivity contribution in [1.82, 2.24) is 19.4 Å². The molecule has 0 bridgehead atoms. The van der Waals surface area contributed by atoms with Crippen LogP contribution in [0.1, 0.15) is 0 Å². The van der Waals surface area contributed by atoms with Gasteiger partial charge in [-0.1, -0.05) is 11.6 Å². The number of rotatable bonds is 5. The van der Waals surface area contributed by atoms with Crippen molar-refractivity contribution in [2.24, 2.45) is 0 Å². The largest absolute Gasteiger partial charge is 0.484 e. The van der Waals surface area contributed by atoms with E-state index in [2.05, 4.69) is 15.5 Å². The Labute approximate surface area is 168 Å². The molecule has 0 fully saturated rings. The molecule has 0 spiro atoms. The van der Waals surface area contributed by atoms with E-state index in [1.165, 1.54) is 41.5 Å². The fraction of sp³-hybridized carbons (Fsp3) is 0.0526. The highest BCUT2D eigenvalue weighted by molar-refractivity contribution is 6.30. The minimum absolute atomic E-state index is 0.191. The second-order valence-corrected chi connectivity index (χ2v) is 6.40. The topological polar surface area (TPSA) is 91.0 Å². The lowest BCUT2D eigenvalue weighted by molar-refractivity contribution is -0.119.